The lowest BCUT2D eigenvalue weighted by Gasteiger charge is -2.29. The third kappa shape index (κ3) is 4.34. The molecule has 0 amide bonds. The van der Waals surface area contributed by atoms with Crippen LogP contribution in [0.3, 0.4) is 0 Å². The van der Waals surface area contributed by atoms with Crippen LogP contribution in [0.5, 0.6) is 5.75 Å². The van der Waals surface area contributed by atoms with E-state index in [0.717, 1.165) is 16.0 Å². The number of pyridine rings is 1. The molecule has 0 aliphatic heterocycles. The minimum absolute atomic E-state index is 0.210. The lowest BCUT2D eigenvalue weighted by atomic mass is 9.82. The normalized spacial score (nSPS) is 13.6. The Labute approximate surface area is 111 Å². The molecule has 16 heavy (non-hydrogen) atoms. The van der Waals surface area contributed by atoms with Crippen LogP contribution in [-0.4, -0.2) is 17.3 Å². The minimum atomic E-state index is 0.210. The van der Waals surface area contributed by atoms with E-state index in [1.165, 1.54) is 0 Å². The summed E-state index contributed by atoms with van der Waals surface area (Å²) in [6.07, 6.45) is 3.47. The van der Waals surface area contributed by atoms with Crippen molar-refractivity contribution in [2.75, 3.05) is 12.4 Å². The van der Waals surface area contributed by atoms with Gasteiger partial charge in [0.15, 0.2) is 0 Å². The van der Waals surface area contributed by atoms with Gasteiger partial charge in [0.2, 0.25) is 0 Å². The maximum atomic E-state index is 5.72. The van der Waals surface area contributed by atoms with Crippen LogP contribution < -0.4 is 4.74 Å². The molecule has 0 N–H and O–H groups in total. The second kappa shape index (κ2) is 5.92. The molecule has 0 saturated heterocycles. The monoisotopic (exact) mass is 303 g/mol. The molecule has 0 aliphatic carbocycles. The van der Waals surface area contributed by atoms with Crippen molar-refractivity contribution >= 4 is 28.6 Å². The first kappa shape index (κ1) is 13.8. The van der Waals surface area contributed by atoms with Gasteiger partial charge in [0.1, 0.15) is 5.75 Å². The predicted molar refractivity (Wildman–Crippen MR) is 74.2 cm³/mol. The molecule has 1 rings (SSSR count). The van der Waals surface area contributed by atoms with Gasteiger partial charge in [-0.15, -0.1) is 0 Å². The zero-order chi connectivity index (χ0) is 12.2. The van der Waals surface area contributed by atoms with Gasteiger partial charge in [0.05, 0.1) is 12.8 Å². The molecule has 1 aromatic rings. The fourth-order valence-electron chi connectivity index (χ4n) is 1.24. The number of hydrogen-bond donors (Lipinski definition) is 1. The summed E-state index contributed by atoms with van der Waals surface area (Å²) in [5.74, 6) is 2.05. The third-order valence-corrected chi connectivity index (χ3v) is 3.45. The summed E-state index contributed by atoms with van der Waals surface area (Å²) in [5, 5.41) is 0. The molecule has 0 fully saturated rings. The molecule has 90 valence electrons. The molecular formula is C12H18BrNOS. The summed E-state index contributed by atoms with van der Waals surface area (Å²) in [6, 6.07) is 1.92. The lowest BCUT2D eigenvalue weighted by molar-refractivity contribution is 0.165. The largest absolute Gasteiger partial charge is 0.492 e. The first-order valence-corrected chi connectivity index (χ1v) is 6.70. The van der Waals surface area contributed by atoms with Crippen LogP contribution >= 0.6 is 28.6 Å². The Kier molecular flexibility index (Phi) is 5.12. The van der Waals surface area contributed by atoms with Crippen LogP contribution in [0.25, 0.3) is 0 Å². The first-order chi connectivity index (χ1) is 7.43. The SMILES string of the molecule is CC(C)(C)C(CS)COc1cncc(Br)c1. The summed E-state index contributed by atoms with van der Waals surface area (Å²) in [5.41, 5.74) is 0.210. The van der Waals surface area contributed by atoms with E-state index in [1.54, 1.807) is 12.4 Å². The minimum Gasteiger partial charge on any atom is -0.492 e. The van der Waals surface area contributed by atoms with Crippen molar-refractivity contribution in [1.82, 2.24) is 4.98 Å². The highest BCUT2D eigenvalue weighted by molar-refractivity contribution is 9.10. The standard InChI is InChI=1S/C12H18BrNOS/c1-12(2,3)9(8-16)7-15-11-4-10(13)5-14-6-11/h4-6,9,16H,7-8H2,1-3H3. The van der Waals surface area contributed by atoms with Crippen molar-refractivity contribution in [2.24, 2.45) is 11.3 Å². The third-order valence-electron chi connectivity index (χ3n) is 2.58. The molecule has 0 bridgehead atoms. The van der Waals surface area contributed by atoms with E-state index in [9.17, 15) is 0 Å². The smallest absolute Gasteiger partial charge is 0.138 e. The molecule has 1 atom stereocenters. The van der Waals surface area contributed by atoms with E-state index in [1.807, 2.05) is 6.07 Å². The van der Waals surface area contributed by atoms with Gasteiger partial charge in [0, 0.05) is 16.6 Å². The van der Waals surface area contributed by atoms with Crippen LogP contribution in [-0.2, 0) is 0 Å². The molecule has 1 aromatic heterocycles. The maximum Gasteiger partial charge on any atom is 0.138 e. The Morgan fingerprint density at radius 1 is 1.44 bits per heavy atom. The van der Waals surface area contributed by atoms with E-state index in [4.69, 9.17) is 4.74 Å². The van der Waals surface area contributed by atoms with E-state index in [-0.39, 0.29) is 5.41 Å². The van der Waals surface area contributed by atoms with Crippen LogP contribution in [0.2, 0.25) is 0 Å². The molecule has 0 aliphatic rings. The van der Waals surface area contributed by atoms with Crippen LogP contribution in [0.1, 0.15) is 20.8 Å². The highest BCUT2D eigenvalue weighted by Crippen LogP contribution is 2.27. The Morgan fingerprint density at radius 3 is 2.62 bits per heavy atom. The number of nitrogens with zero attached hydrogens (tertiary/aromatic N) is 1. The second-order valence-electron chi connectivity index (χ2n) is 4.90. The van der Waals surface area contributed by atoms with Gasteiger partial charge < -0.3 is 4.74 Å². The van der Waals surface area contributed by atoms with Crippen molar-refractivity contribution in [3.63, 3.8) is 0 Å². The number of aromatic nitrogens is 1. The topological polar surface area (TPSA) is 22.1 Å². The van der Waals surface area contributed by atoms with Crippen molar-refractivity contribution in [3.8, 4) is 5.75 Å². The molecule has 0 spiro atoms. The zero-order valence-electron chi connectivity index (χ0n) is 9.90. The molecule has 0 saturated carbocycles. The Balaban J connectivity index is 2.56. The van der Waals surface area contributed by atoms with Gasteiger partial charge in [0.25, 0.3) is 0 Å². The van der Waals surface area contributed by atoms with Crippen molar-refractivity contribution in [1.29, 1.82) is 0 Å². The molecule has 1 heterocycles. The van der Waals surface area contributed by atoms with E-state index in [0.29, 0.717) is 12.5 Å². The van der Waals surface area contributed by atoms with Crippen molar-refractivity contribution < 1.29 is 4.74 Å². The van der Waals surface area contributed by atoms with E-state index >= 15 is 0 Å². The zero-order valence-corrected chi connectivity index (χ0v) is 12.4. The van der Waals surface area contributed by atoms with Gasteiger partial charge in [-0.25, -0.2) is 0 Å². The van der Waals surface area contributed by atoms with Gasteiger partial charge in [-0.2, -0.15) is 12.6 Å². The average Bonchev–Trinajstić information content (AvgIpc) is 2.16. The number of hydrogen-bond acceptors (Lipinski definition) is 3. The molecular weight excluding hydrogens is 286 g/mol. The highest BCUT2D eigenvalue weighted by Gasteiger charge is 2.23. The van der Waals surface area contributed by atoms with Gasteiger partial charge >= 0.3 is 0 Å². The molecule has 0 radical (unpaired) electrons. The summed E-state index contributed by atoms with van der Waals surface area (Å²) < 4.78 is 6.66. The first-order valence-electron chi connectivity index (χ1n) is 5.27. The van der Waals surface area contributed by atoms with Crippen molar-refractivity contribution in [3.05, 3.63) is 22.9 Å². The van der Waals surface area contributed by atoms with Gasteiger partial charge in [-0.05, 0) is 33.2 Å². The van der Waals surface area contributed by atoms with E-state index in [2.05, 4.69) is 54.3 Å². The van der Waals surface area contributed by atoms with Gasteiger partial charge in [-0.1, -0.05) is 20.8 Å². The molecule has 2 nitrogen and oxygen atoms in total. The van der Waals surface area contributed by atoms with Gasteiger partial charge in [-0.3, -0.25) is 4.98 Å². The highest BCUT2D eigenvalue weighted by atomic mass is 79.9. The summed E-state index contributed by atoms with van der Waals surface area (Å²) in [6.45, 7) is 7.29. The average molecular weight is 304 g/mol. The molecule has 4 heteroatoms. The Hall–Kier alpha value is -0.220. The van der Waals surface area contributed by atoms with Crippen molar-refractivity contribution in [2.45, 2.75) is 20.8 Å². The molecule has 0 aromatic carbocycles. The fourth-order valence-corrected chi connectivity index (χ4v) is 2.24. The molecule has 1 unspecified atom stereocenters. The summed E-state index contributed by atoms with van der Waals surface area (Å²) >= 11 is 7.74. The Morgan fingerprint density at radius 2 is 2.12 bits per heavy atom. The second-order valence-corrected chi connectivity index (χ2v) is 6.18. The fraction of sp³-hybridized carbons (Fsp3) is 0.583. The van der Waals surface area contributed by atoms with Crippen LogP contribution in [0.4, 0.5) is 0 Å². The maximum absolute atomic E-state index is 5.72. The number of thiol groups is 1. The van der Waals surface area contributed by atoms with Crippen LogP contribution in [0, 0.1) is 11.3 Å². The lowest BCUT2D eigenvalue weighted by Crippen LogP contribution is -2.28. The van der Waals surface area contributed by atoms with E-state index < -0.39 is 0 Å². The Bertz CT molecular complexity index is 338. The number of ether oxygens (including phenoxy) is 1. The quantitative estimate of drug-likeness (QED) is 0.854. The number of rotatable bonds is 4. The van der Waals surface area contributed by atoms with Crippen LogP contribution in [0.15, 0.2) is 22.9 Å². The number of halogens is 1. The predicted octanol–water partition coefficient (Wildman–Crippen LogP) is 3.82. The summed E-state index contributed by atoms with van der Waals surface area (Å²) in [4.78, 5) is 4.06. The summed E-state index contributed by atoms with van der Waals surface area (Å²) in [7, 11) is 0.